The van der Waals surface area contributed by atoms with Gasteiger partial charge in [0.1, 0.15) is 4.83 Å². The summed E-state index contributed by atoms with van der Waals surface area (Å²) in [5.74, 6) is 0.330. The maximum Gasteiger partial charge on any atom is 0.263 e. The Morgan fingerprint density at radius 1 is 1.43 bits per heavy atom. The standard InChI is InChI=1S/C19H21N3O3S3/c1-3-22-18(24)16-13(14-5-4-8-26-14)10-27-17(16)20-19(22)28-11-15(23)21-6-7-25-12(2)9-21/h4-5,8,10,12H,3,6-7,9,11H2,1-2H3. The molecule has 4 heterocycles. The van der Waals surface area contributed by atoms with Crippen molar-refractivity contribution in [3.8, 4) is 10.4 Å². The Kier molecular flexibility index (Phi) is 5.86. The molecule has 6 nitrogen and oxygen atoms in total. The van der Waals surface area contributed by atoms with E-state index in [1.54, 1.807) is 15.9 Å². The van der Waals surface area contributed by atoms with Crippen molar-refractivity contribution in [3.05, 3.63) is 33.2 Å². The van der Waals surface area contributed by atoms with Crippen molar-refractivity contribution in [2.75, 3.05) is 25.4 Å². The Balaban J connectivity index is 1.61. The molecule has 3 aromatic rings. The molecular weight excluding hydrogens is 414 g/mol. The lowest BCUT2D eigenvalue weighted by molar-refractivity contribution is -0.135. The highest BCUT2D eigenvalue weighted by atomic mass is 32.2. The molecule has 0 bridgehead atoms. The summed E-state index contributed by atoms with van der Waals surface area (Å²) >= 11 is 4.44. The van der Waals surface area contributed by atoms with Crippen LogP contribution in [0.5, 0.6) is 0 Å². The minimum absolute atomic E-state index is 0.0351. The molecule has 0 spiro atoms. The van der Waals surface area contributed by atoms with Crippen LogP contribution in [0.2, 0.25) is 0 Å². The van der Waals surface area contributed by atoms with Crippen molar-refractivity contribution in [1.82, 2.24) is 14.5 Å². The molecule has 3 aromatic heterocycles. The number of carbonyl (C=O) groups excluding carboxylic acids is 1. The van der Waals surface area contributed by atoms with E-state index < -0.39 is 0 Å². The number of rotatable bonds is 5. The molecule has 148 valence electrons. The van der Waals surface area contributed by atoms with Gasteiger partial charge in [0.15, 0.2) is 5.16 Å². The largest absolute Gasteiger partial charge is 0.375 e. The second-order valence-corrected chi connectivity index (χ2v) is 9.31. The number of fused-ring (bicyclic) bond motifs is 1. The van der Waals surface area contributed by atoms with Gasteiger partial charge in [0.2, 0.25) is 5.91 Å². The van der Waals surface area contributed by atoms with E-state index in [4.69, 9.17) is 9.72 Å². The molecule has 0 radical (unpaired) electrons. The normalized spacial score (nSPS) is 17.4. The van der Waals surface area contributed by atoms with Crippen LogP contribution in [-0.4, -0.2) is 51.9 Å². The van der Waals surface area contributed by atoms with Crippen molar-refractivity contribution < 1.29 is 9.53 Å². The maximum absolute atomic E-state index is 13.2. The smallest absolute Gasteiger partial charge is 0.263 e. The van der Waals surface area contributed by atoms with E-state index in [1.807, 2.05) is 41.6 Å². The van der Waals surface area contributed by atoms with E-state index in [9.17, 15) is 9.59 Å². The number of hydrogen-bond donors (Lipinski definition) is 0. The molecule has 1 fully saturated rings. The summed E-state index contributed by atoms with van der Waals surface area (Å²) in [6.07, 6.45) is 0.0628. The third-order valence-corrected chi connectivity index (χ3v) is 7.42. The molecule has 4 rings (SSSR count). The van der Waals surface area contributed by atoms with Gasteiger partial charge in [-0.2, -0.15) is 0 Å². The van der Waals surface area contributed by atoms with Crippen LogP contribution in [0.3, 0.4) is 0 Å². The molecule has 0 aromatic carbocycles. The molecule has 0 aliphatic carbocycles. The lowest BCUT2D eigenvalue weighted by Crippen LogP contribution is -2.45. The van der Waals surface area contributed by atoms with Gasteiger partial charge in [0.05, 0.1) is 23.8 Å². The van der Waals surface area contributed by atoms with Crippen LogP contribution in [-0.2, 0) is 16.1 Å². The topological polar surface area (TPSA) is 64.4 Å². The Hall–Kier alpha value is -1.68. The van der Waals surface area contributed by atoms with E-state index in [1.165, 1.54) is 23.1 Å². The molecule has 1 aliphatic rings. The molecule has 1 unspecified atom stereocenters. The second kappa shape index (κ2) is 8.36. The number of aromatic nitrogens is 2. The highest BCUT2D eigenvalue weighted by molar-refractivity contribution is 7.99. The van der Waals surface area contributed by atoms with E-state index in [-0.39, 0.29) is 23.3 Å². The molecular formula is C19H21N3O3S3. The number of amides is 1. The fraction of sp³-hybridized carbons (Fsp3) is 0.421. The molecule has 1 amide bonds. The Morgan fingerprint density at radius 2 is 2.29 bits per heavy atom. The van der Waals surface area contributed by atoms with E-state index in [2.05, 4.69) is 0 Å². The van der Waals surface area contributed by atoms with Crippen LogP contribution in [0.25, 0.3) is 20.7 Å². The van der Waals surface area contributed by atoms with Gasteiger partial charge in [-0.25, -0.2) is 4.98 Å². The molecule has 1 saturated heterocycles. The zero-order chi connectivity index (χ0) is 19.7. The highest BCUT2D eigenvalue weighted by Crippen LogP contribution is 2.34. The number of thioether (sulfide) groups is 1. The summed E-state index contributed by atoms with van der Waals surface area (Å²) in [6, 6.07) is 4.00. The molecule has 1 atom stereocenters. The molecule has 1 aliphatic heterocycles. The predicted octanol–water partition coefficient (Wildman–Crippen LogP) is 3.55. The van der Waals surface area contributed by atoms with E-state index in [0.717, 1.165) is 15.3 Å². The number of thiophene rings is 2. The number of hydrogen-bond acceptors (Lipinski definition) is 7. The van der Waals surface area contributed by atoms with Gasteiger partial charge in [-0.15, -0.1) is 22.7 Å². The Morgan fingerprint density at radius 3 is 3.00 bits per heavy atom. The van der Waals surface area contributed by atoms with Crippen LogP contribution in [0.4, 0.5) is 0 Å². The summed E-state index contributed by atoms with van der Waals surface area (Å²) in [6.45, 7) is 6.22. The minimum atomic E-state index is -0.0351. The van der Waals surface area contributed by atoms with E-state index in [0.29, 0.717) is 36.8 Å². The van der Waals surface area contributed by atoms with Gasteiger partial charge in [0, 0.05) is 35.5 Å². The first-order chi connectivity index (χ1) is 13.6. The zero-order valence-corrected chi connectivity index (χ0v) is 18.2. The summed E-state index contributed by atoms with van der Waals surface area (Å²) in [4.78, 5) is 34.1. The molecule has 9 heteroatoms. The van der Waals surface area contributed by atoms with Crippen molar-refractivity contribution >= 4 is 50.6 Å². The third kappa shape index (κ3) is 3.76. The van der Waals surface area contributed by atoms with Crippen molar-refractivity contribution in [2.45, 2.75) is 31.7 Å². The van der Waals surface area contributed by atoms with E-state index >= 15 is 0 Å². The lowest BCUT2D eigenvalue weighted by atomic mass is 10.2. The van der Waals surface area contributed by atoms with Gasteiger partial charge >= 0.3 is 0 Å². The van der Waals surface area contributed by atoms with Crippen LogP contribution in [0.15, 0.2) is 32.8 Å². The van der Waals surface area contributed by atoms with Gasteiger partial charge in [0.25, 0.3) is 5.56 Å². The first-order valence-electron chi connectivity index (χ1n) is 9.16. The minimum Gasteiger partial charge on any atom is -0.375 e. The van der Waals surface area contributed by atoms with Gasteiger partial charge < -0.3 is 9.64 Å². The van der Waals surface area contributed by atoms with Crippen LogP contribution < -0.4 is 5.56 Å². The number of morpholine rings is 1. The number of nitrogens with zero attached hydrogens (tertiary/aromatic N) is 3. The summed E-state index contributed by atoms with van der Waals surface area (Å²) in [5, 5.41) is 5.29. The maximum atomic E-state index is 13.2. The van der Waals surface area contributed by atoms with Crippen LogP contribution in [0.1, 0.15) is 13.8 Å². The fourth-order valence-corrected chi connectivity index (χ4v) is 6.04. The van der Waals surface area contributed by atoms with Crippen LogP contribution >= 0.6 is 34.4 Å². The predicted molar refractivity (Wildman–Crippen MR) is 116 cm³/mol. The molecule has 0 saturated carbocycles. The lowest BCUT2D eigenvalue weighted by Gasteiger charge is -2.31. The van der Waals surface area contributed by atoms with Crippen LogP contribution in [0, 0.1) is 0 Å². The third-order valence-electron chi connectivity index (χ3n) is 4.68. The van der Waals surface area contributed by atoms with Crippen molar-refractivity contribution in [3.63, 3.8) is 0 Å². The number of ether oxygens (including phenoxy) is 1. The fourth-order valence-electron chi connectivity index (χ4n) is 3.27. The summed E-state index contributed by atoms with van der Waals surface area (Å²) in [7, 11) is 0. The Bertz CT molecular complexity index is 1040. The monoisotopic (exact) mass is 435 g/mol. The van der Waals surface area contributed by atoms with Gasteiger partial charge in [-0.3, -0.25) is 14.2 Å². The van der Waals surface area contributed by atoms with Crippen molar-refractivity contribution in [1.29, 1.82) is 0 Å². The second-order valence-electron chi connectivity index (χ2n) is 6.56. The quantitative estimate of drug-likeness (QED) is 0.453. The van der Waals surface area contributed by atoms with Crippen molar-refractivity contribution in [2.24, 2.45) is 0 Å². The van der Waals surface area contributed by atoms with Gasteiger partial charge in [-0.05, 0) is 25.3 Å². The van der Waals surface area contributed by atoms with Gasteiger partial charge in [-0.1, -0.05) is 17.8 Å². The highest BCUT2D eigenvalue weighted by Gasteiger charge is 2.23. The summed E-state index contributed by atoms with van der Waals surface area (Å²) < 4.78 is 7.17. The molecule has 0 N–H and O–H groups in total. The first kappa shape index (κ1) is 19.6. The summed E-state index contributed by atoms with van der Waals surface area (Å²) in [5.41, 5.74) is 0.914. The average Bonchev–Trinajstić information content (AvgIpc) is 3.35. The molecule has 28 heavy (non-hydrogen) atoms. The average molecular weight is 436 g/mol. The zero-order valence-electron chi connectivity index (χ0n) is 15.7. The Labute approximate surface area is 175 Å². The SMILES string of the molecule is CCn1c(SCC(=O)N2CCOC(C)C2)nc2scc(-c3cccs3)c2c1=O. The first-order valence-corrected chi connectivity index (χ1v) is 11.9. The number of carbonyl (C=O) groups is 1.